The number of fused-ring (bicyclic) bond motifs is 7. The number of aromatic hydroxyl groups is 1. The van der Waals surface area contributed by atoms with Gasteiger partial charge in [0.15, 0.2) is 5.82 Å². The SMILES string of the molecule is C#Cc1c(F)ccc2cc(O)cc(-c3c(F)c4nc(OC[C@@]56CCCN5C[C@H](F)C6)nc(N5CC6CCC(C5)N6CC(F)(F)F)c4c4cn(C)nc34)c12. The van der Waals surface area contributed by atoms with Crippen LogP contribution in [0.25, 0.3) is 43.7 Å². The van der Waals surface area contributed by atoms with Gasteiger partial charge < -0.3 is 14.7 Å². The molecule has 276 valence electrons. The Bertz CT molecular complexity index is 2340. The van der Waals surface area contributed by atoms with Gasteiger partial charge in [-0.05, 0) is 61.4 Å². The maximum Gasteiger partial charge on any atom is 0.401 e. The van der Waals surface area contributed by atoms with Crippen molar-refractivity contribution in [3.63, 3.8) is 0 Å². The van der Waals surface area contributed by atoms with Gasteiger partial charge in [0.05, 0.1) is 23.0 Å². The Morgan fingerprint density at radius 2 is 1.83 bits per heavy atom. The van der Waals surface area contributed by atoms with E-state index in [1.165, 1.54) is 33.8 Å². The fraction of sp³-hybridized carbons (Fsp3) is 0.447. The lowest BCUT2D eigenvalue weighted by Crippen LogP contribution is -2.56. The fourth-order valence-corrected chi connectivity index (χ4v) is 9.49. The molecule has 4 fully saturated rings. The zero-order valence-electron chi connectivity index (χ0n) is 28.7. The number of phenols is 1. The van der Waals surface area contributed by atoms with Crippen molar-refractivity contribution in [3.8, 4) is 35.2 Å². The van der Waals surface area contributed by atoms with Crippen LogP contribution < -0.4 is 9.64 Å². The quantitative estimate of drug-likeness (QED) is 0.157. The van der Waals surface area contributed by atoms with Gasteiger partial charge in [0.2, 0.25) is 0 Å². The molecule has 0 radical (unpaired) electrons. The molecule has 0 saturated carbocycles. The van der Waals surface area contributed by atoms with Crippen molar-refractivity contribution >= 4 is 38.4 Å². The molecule has 4 saturated heterocycles. The highest BCUT2D eigenvalue weighted by Crippen LogP contribution is 2.46. The predicted molar refractivity (Wildman–Crippen MR) is 187 cm³/mol. The summed E-state index contributed by atoms with van der Waals surface area (Å²) in [6.07, 6.45) is 5.06. The van der Waals surface area contributed by atoms with E-state index in [-0.39, 0.29) is 82.2 Å². The smallest absolute Gasteiger partial charge is 0.401 e. The van der Waals surface area contributed by atoms with Crippen LogP contribution in [0.15, 0.2) is 30.5 Å². The Balaban J connectivity index is 1.26. The molecule has 53 heavy (non-hydrogen) atoms. The number of piperazine rings is 1. The van der Waals surface area contributed by atoms with Crippen LogP contribution in [0, 0.1) is 24.0 Å². The number of benzene rings is 3. The first-order valence-electron chi connectivity index (χ1n) is 17.7. The van der Waals surface area contributed by atoms with E-state index < -0.39 is 48.1 Å². The van der Waals surface area contributed by atoms with E-state index in [0.29, 0.717) is 36.6 Å². The maximum atomic E-state index is 17.6. The molecular weight excluding hydrogens is 700 g/mol. The number of phenolic OH excluding ortho intramolecular Hbond substituents is 1. The second-order valence-corrected chi connectivity index (χ2v) is 14.9. The lowest BCUT2D eigenvalue weighted by molar-refractivity contribution is -0.153. The Labute approximate surface area is 300 Å². The molecule has 0 amide bonds. The number of aromatic nitrogens is 4. The maximum absolute atomic E-state index is 17.6. The normalized spacial score (nSPS) is 24.9. The standard InChI is InChI=1S/C38H35F6N7O2/c1-3-25-28(40)8-5-20-11-24(52)12-26(29(20)25)30-32(41)34-31(27-17-48(2)47-33(27)30)35(49-15-22-6-7-23(16-49)51(22)18-38(42,43)44)46-36(45-34)53-19-37-9-4-10-50(37)14-21(39)13-37/h1,5,8,11-12,17,21-23,52H,4,6-7,9-10,13-16,18-19H2,2H3/t21-,22?,23?,37+/m1/s1. The van der Waals surface area contributed by atoms with Crippen molar-refractivity contribution in [2.24, 2.45) is 7.05 Å². The molecular formula is C38H35F6N7O2. The van der Waals surface area contributed by atoms with Crippen LogP contribution in [0.5, 0.6) is 11.8 Å². The van der Waals surface area contributed by atoms with E-state index >= 15 is 8.78 Å². The molecule has 9 nitrogen and oxygen atoms in total. The number of terminal acetylenes is 1. The van der Waals surface area contributed by atoms with Crippen molar-refractivity contribution in [1.82, 2.24) is 29.5 Å². The molecule has 4 aliphatic heterocycles. The summed E-state index contributed by atoms with van der Waals surface area (Å²) in [5.74, 6) is 0.880. The summed E-state index contributed by atoms with van der Waals surface area (Å²) in [7, 11) is 1.65. The highest BCUT2D eigenvalue weighted by atomic mass is 19.4. The lowest BCUT2D eigenvalue weighted by Gasteiger charge is -2.42. The van der Waals surface area contributed by atoms with Crippen LogP contribution in [0.2, 0.25) is 0 Å². The molecule has 2 unspecified atom stereocenters. The van der Waals surface area contributed by atoms with Crippen molar-refractivity contribution in [1.29, 1.82) is 0 Å². The largest absolute Gasteiger partial charge is 0.508 e. The van der Waals surface area contributed by atoms with Crippen LogP contribution in [0.3, 0.4) is 0 Å². The molecule has 3 aromatic carbocycles. The Hall–Kier alpha value is -4.81. The van der Waals surface area contributed by atoms with Gasteiger partial charge >= 0.3 is 12.2 Å². The summed E-state index contributed by atoms with van der Waals surface area (Å²) in [5.41, 5.74) is -0.668. The second-order valence-electron chi connectivity index (χ2n) is 14.9. The van der Waals surface area contributed by atoms with E-state index in [1.807, 2.05) is 4.90 Å². The van der Waals surface area contributed by atoms with Crippen molar-refractivity contribution in [2.45, 2.75) is 62.1 Å². The third-order valence-corrected chi connectivity index (χ3v) is 11.6. The fourth-order valence-electron chi connectivity index (χ4n) is 9.49. The van der Waals surface area contributed by atoms with Gasteiger partial charge in [-0.1, -0.05) is 12.0 Å². The van der Waals surface area contributed by atoms with Gasteiger partial charge in [-0.2, -0.15) is 28.2 Å². The first kappa shape index (κ1) is 34.0. The van der Waals surface area contributed by atoms with Gasteiger partial charge in [-0.25, -0.2) is 13.2 Å². The summed E-state index contributed by atoms with van der Waals surface area (Å²) in [6, 6.07) is 4.34. The number of hydrogen-bond acceptors (Lipinski definition) is 8. The first-order valence-corrected chi connectivity index (χ1v) is 17.7. The van der Waals surface area contributed by atoms with Crippen LogP contribution in [0.4, 0.5) is 32.2 Å². The highest BCUT2D eigenvalue weighted by molar-refractivity contribution is 6.18. The van der Waals surface area contributed by atoms with E-state index in [0.717, 1.165) is 13.0 Å². The Morgan fingerprint density at radius 1 is 1.06 bits per heavy atom. The molecule has 0 aliphatic carbocycles. The Morgan fingerprint density at radius 3 is 2.57 bits per heavy atom. The van der Waals surface area contributed by atoms with Gasteiger partial charge in [-0.3, -0.25) is 14.5 Å². The van der Waals surface area contributed by atoms with Crippen molar-refractivity contribution in [3.05, 3.63) is 47.7 Å². The third kappa shape index (κ3) is 5.51. The molecule has 2 bridgehead atoms. The number of aryl methyl sites for hydroxylation is 1. The predicted octanol–water partition coefficient (Wildman–Crippen LogP) is 6.47. The molecule has 4 atom stereocenters. The van der Waals surface area contributed by atoms with Crippen molar-refractivity contribution < 1.29 is 36.2 Å². The molecule has 4 aliphatic rings. The molecule has 9 rings (SSSR count). The number of anilines is 1. The number of hydrogen-bond donors (Lipinski definition) is 1. The number of rotatable bonds is 6. The summed E-state index contributed by atoms with van der Waals surface area (Å²) >= 11 is 0. The molecule has 15 heteroatoms. The minimum atomic E-state index is -4.36. The van der Waals surface area contributed by atoms with Crippen LogP contribution in [-0.4, -0.2) is 104 Å². The Kier molecular flexibility index (Phi) is 7.76. The third-order valence-electron chi connectivity index (χ3n) is 11.6. The highest BCUT2D eigenvalue weighted by Gasteiger charge is 2.50. The topological polar surface area (TPSA) is 82.8 Å². The van der Waals surface area contributed by atoms with E-state index in [9.17, 15) is 22.7 Å². The molecule has 6 heterocycles. The summed E-state index contributed by atoms with van der Waals surface area (Å²) in [4.78, 5) is 14.9. The number of nitrogens with zero attached hydrogens (tertiary/aromatic N) is 7. The minimum Gasteiger partial charge on any atom is -0.508 e. The van der Waals surface area contributed by atoms with Gasteiger partial charge in [0.25, 0.3) is 0 Å². The average Bonchev–Trinajstić information content (AvgIpc) is 3.81. The molecule has 2 aromatic heterocycles. The summed E-state index contributed by atoms with van der Waals surface area (Å²) in [6.45, 7) is 0.473. The van der Waals surface area contributed by atoms with Gasteiger partial charge in [-0.15, -0.1) is 6.42 Å². The zero-order chi connectivity index (χ0) is 37.0. The number of ether oxygens (including phenoxy) is 1. The van der Waals surface area contributed by atoms with Gasteiger partial charge in [0.1, 0.15) is 41.2 Å². The molecule has 5 aromatic rings. The zero-order valence-corrected chi connectivity index (χ0v) is 28.7. The molecule has 0 spiro atoms. The van der Waals surface area contributed by atoms with Crippen molar-refractivity contribution in [2.75, 3.05) is 44.2 Å². The monoisotopic (exact) mass is 735 g/mol. The summed E-state index contributed by atoms with van der Waals surface area (Å²) < 4.78 is 96.0. The lowest BCUT2D eigenvalue weighted by atomic mass is 9.91. The van der Waals surface area contributed by atoms with Crippen LogP contribution in [0.1, 0.15) is 37.7 Å². The number of alkyl halides is 4. The molecule has 1 N–H and O–H groups in total. The van der Waals surface area contributed by atoms with Crippen LogP contribution in [-0.2, 0) is 7.05 Å². The minimum absolute atomic E-state index is 0.0641. The van der Waals surface area contributed by atoms with Gasteiger partial charge in [0, 0.05) is 67.7 Å². The first-order chi connectivity index (χ1) is 25.3. The second kappa shape index (κ2) is 12.1. The van der Waals surface area contributed by atoms with E-state index in [1.54, 1.807) is 13.2 Å². The van der Waals surface area contributed by atoms with Crippen LogP contribution >= 0.6 is 0 Å². The summed E-state index contributed by atoms with van der Waals surface area (Å²) in [5, 5.41) is 16.7. The average molecular weight is 736 g/mol. The van der Waals surface area contributed by atoms with E-state index in [2.05, 4.69) is 20.9 Å². The number of halogens is 6. The van der Waals surface area contributed by atoms with E-state index in [4.69, 9.17) is 16.1 Å².